The number of nitrogens with one attached hydrogen (secondary N) is 1. The fraction of sp³-hybridized carbons (Fsp3) is 0.120. The first kappa shape index (κ1) is 24.7. The van der Waals surface area contributed by atoms with Gasteiger partial charge in [0.15, 0.2) is 18.1 Å². The highest BCUT2D eigenvalue weighted by Gasteiger charge is 2.15. The number of ether oxygens (including phenoxy) is 2. The number of carbonyl (C=O) groups excluding carboxylic acids is 1. The summed E-state index contributed by atoms with van der Waals surface area (Å²) in [6.07, 6.45) is 1.77. The van der Waals surface area contributed by atoms with Crippen LogP contribution < -0.4 is 14.8 Å². The molecule has 0 heterocycles. The van der Waals surface area contributed by atoms with E-state index in [1.165, 1.54) is 0 Å². The van der Waals surface area contributed by atoms with Crippen LogP contribution in [0.3, 0.4) is 0 Å². The molecule has 0 saturated heterocycles. The van der Waals surface area contributed by atoms with Gasteiger partial charge >= 0.3 is 0 Å². The average Bonchev–Trinajstić information content (AvgIpc) is 2.80. The Balaban J connectivity index is 1.79. The fourth-order valence-corrected chi connectivity index (χ4v) is 3.82. The van der Waals surface area contributed by atoms with Crippen molar-refractivity contribution < 1.29 is 14.3 Å². The second-order valence-corrected chi connectivity index (χ2v) is 8.43. The molecule has 0 spiro atoms. The first-order chi connectivity index (χ1) is 15.9. The van der Waals surface area contributed by atoms with Gasteiger partial charge < -0.3 is 14.8 Å². The van der Waals surface area contributed by atoms with Gasteiger partial charge in [0.05, 0.1) is 32.8 Å². The lowest BCUT2D eigenvalue weighted by atomic mass is 10.0. The normalized spacial score (nSPS) is 10.9. The van der Waals surface area contributed by atoms with Crippen molar-refractivity contribution in [2.75, 3.05) is 18.5 Å². The monoisotopic (exact) mass is 544 g/mol. The largest absolute Gasteiger partial charge is 0.490 e. The van der Waals surface area contributed by atoms with E-state index in [1.807, 2.05) is 37.3 Å². The van der Waals surface area contributed by atoms with Gasteiger partial charge in [-0.1, -0.05) is 53.5 Å². The SMILES string of the molecule is CCOc1cc(/C=C(\C#N)c2ccccc2)cc(Br)c1OCC(=O)Nc1ccc(Cl)c(Cl)c1. The second kappa shape index (κ2) is 11.8. The number of amides is 1. The summed E-state index contributed by atoms with van der Waals surface area (Å²) in [6.45, 7) is 2.00. The molecule has 33 heavy (non-hydrogen) atoms. The highest BCUT2D eigenvalue weighted by molar-refractivity contribution is 9.10. The predicted molar refractivity (Wildman–Crippen MR) is 136 cm³/mol. The summed E-state index contributed by atoms with van der Waals surface area (Å²) in [4.78, 5) is 12.4. The zero-order valence-electron chi connectivity index (χ0n) is 17.6. The van der Waals surface area contributed by atoms with E-state index in [1.54, 1.807) is 36.4 Å². The zero-order valence-corrected chi connectivity index (χ0v) is 20.7. The quantitative estimate of drug-likeness (QED) is 0.239. The molecule has 0 unspecified atom stereocenters. The highest BCUT2D eigenvalue weighted by atomic mass is 79.9. The molecule has 3 aromatic carbocycles. The van der Waals surface area contributed by atoms with Gasteiger partial charge in [0.1, 0.15) is 0 Å². The van der Waals surface area contributed by atoms with Crippen molar-refractivity contribution in [1.29, 1.82) is 5.26 Å². The maximum absolute atomic E-state index is 12.4. The van der Waals surface area contributed by atoms with Crippen LogP contribution in [0.5, 0.6) is 11.5 Å². The first-order valence-corrected chi connectivity index (χ1v) is 11.5. The van der Waals surface area contributed by atoms with Crippen LogP contribution in [0, 0.1) is 11.3 Å². The van der Waals surface area contributed by atoms with E-state index in [0.29, 0.717) is 43.9 Å². The summed E-state index contributed by atoms with van der Waals surface area (Å²) >= 11 is 15.4. The van der Waals surface area contributed by atoms with Crippen molar-refractivity contribution in [2.45, 2.75) is 6.92 Å². The van der Waals surface area contributed by atoms with Crippen LogP contribution in [0.2, 0.25) is 10.0 Å². The lowest BCUT2D eigenvalue weighted by Gasteiger charge is -2.15. The number of benzene rings is 3. The third-order valence-corrected chi connectivity index (χ3v) is 5.73. The molecule has 0 saturated carbocycles. The molecule has 5 nitrogen and oxygen atoms in total. The number of rotatable bonds is 8. The Bertz CT molecular complexity index is 1220. The summed E-state index contributed by atoms with van der Waals surface area (Å²) in [5.41, 5.74) is 2.58. The van der Waals surface area contributed by atoms with Gasteiger partial charge in [0.2, 0.25) is 0 Å². The molecule has 168 valence electrons. The third kappa shape index (κ3) is 6.75. The van der Waals surface area contributed by atoms with Crippen LogP contribution in [0.15, 0.2) is 65.1 Å². The molecular weight excluding hydrogens is 527 g/mol. The maximum atomic E-state index is 12.4. The van der Waals surface area contributed by atoms with Gasteiger partial charge in [-0.15, -0.1) is 0 Å². The number of carbonyl (C=O) groups is 1. The standard InChI is InChI=1S/C25H19BrCl2N2O3/c1-2-32-23-12-16(10-18(14-29)17-6-4-3-5-7-17)11-20(26)25(23)33-15-24(31)30-19-8-9-21(27)22(28)13-19/h3-13H,2,15H2,1H3,(H,30,31)/b18-10+. The van der Waals surface area contributed by atoms with E-state index in [-0.39, 0.29) is 12.5 Å². The Kier molecular flexibility index (Phi) is 8.79. The molecule has 1 N–H and O–H groups in total. The lowest BCUT2D eigenvalue weighted by molar-refractivity contribution is -0.118. The van der Waals surface area contributed by atoms with Gasteiger partial charge in [-0.25, -0.2) is 0 Å². The minimum Gasteiger partial charge on any atom is -0.490 e. The molecule has 3 aromatic rings. The molecular formula is C25H19BrCl2N2O3. The smallest absolute Gasteiger partial charge is 0.262 e. The summed E-state index contributed by atoms with van der Waals surface area (Å²) in [7, 11) is 0. The molecule has 3 rings (SSSR count). The zero-order chi connectivity index (χ0) is 23.8. The van der Waals surface area contributed by atoms with Crippen LogP contribution >= 0.6 is 39.1 Å². The molecule has 0 radical (unpaired) electrons. The molecule has 0 aliphatic carbocycles. The maximum Gasteiger partial charge on any atom is 0.262 e. The molecule has 0 aromatic heterocycles. The number of hydrogen-bond donors (Lipinski definition) is 1. The van der Waals surface area contributed by atoms with Crippen molar-refractivity contribution in [3.05, 3.63) is 86.3 Å². The van der Waals surface area contributed by atoms with Gasteiger partial charge in [-0.05, 0) is 70.4 Å². The second-order valence-electron chi connectivity index (χ2n) is 6.76. The Labute approximate surface area is 210 Å². The number of hydrogen-bond acceptors (Lipinski definition) is 4. The molecule has 0 atom stereocenters. The average molecular weight is 546 g/mol. The summed E-state index contributed by atoms with van der Waals surface area (Å²) in [6, 6.07) is 20.0. The van der Waals surface area contributed by atoms with Crippen molar-refractivity contribution in [3.8, 4) is 17.6 Å². The number of allylic oxidation sites excluding steroid dienone is 1. The van der Waals surface area contributed by atoms with E-state index in [9.17, 15) is 10.1 Å². The Morgan fingerprint density at radius 1 is 1.09 bits per heavy atom. The molecule has 0 aliphatic rings. The summed E-state index contributed by atoms with van der Waals surface area (Å²) in [5.74, 6) is 0.463. The predicted octanol–water partition coefficient (Wildman–Crippen LogP) is 7.24. The van der Waals surface area contributed by atoms with Gasteiger partial charge in [0, 0.05) is 5.69 Å². The number of nitrogens with zero attached hydrogens (tertiary/aromatic N) is 1. The third-order valence-electron chi connectivity index (χ3n) is 4.40. The van der Waals surface area contributed by atoms with Crippen molar-refractivity contribution >= 4 is 62.4 Å². The Hall–Kier alpha value is -2.98. The Morgan fingerprint density at radius 3 is 2.52 bits per heavy atom. The fourth-order valence-electron chi connectivity index (χ4n) is 2.95. The van der Waals surface area contributed by atoms with Crippen LogP contribution in [0.25, 0.3) is 11.6 Å². The molecule has 8 heteroatoms. The lowest BCUT2D eigenvalue weighted by Crippen LogP contribution is -2.20. The highest BCUT2D eigenvalue weighted by Crippen LogP contribution is 2.38. The van der Waals surface area contributed by atoms with E-state index < -0.39 is 0 Å². The Morgan fingerprint density at radius 2 is 1.85 bits per heavy atom. The van der Waals surface area contributed by atoms with Gasteiger partial charge in [-0.2, -0.15) is 5.26 Å². The van der Waals surface area contributed by atoms with Crippen LogP contribution in [0.1, 0.15) is 18.1 Å². The summed E-state index contributed by atoms with van der Waals surface area (Å²) < 4.78 is 12.1. The topological polar surface area (TPSA) is 71.3 Å². The van der Waals surface area contributed by atoms with Crippen molar-refractivity contribution in [3.63, 3.8) is 0 Å². The van der Waals surface area contributed by atoms with Gasteiger partial charge in [0.25, 0.3) is 5.91 Å². The van der Waals surface area contributed by atoms with Crippen LogP contribution in [-0.2, 0) is 4.79 Å². The number of nitriles is 1. The van der Waals surface area contributed by atoms with Crippen LogP contribution in [-0.4, -0.2) is 19.1 Å². The van der Waals surface area contributed by atoms with Gasteiger partial charge in [-0.3, -0.25) is 4.79 Å². The number of anilines is 1. The minimum absolute atomic E-state index is 0.248. The molecule has 0 bridgehead atoms. The van der Waals surface area contributed by atoms with Crippen LogP contribution in [0.4, 0.5) is 5.69 Å². The van der Waals surface area contributed by atoms with E-state index in [0.717, 1.165) is 11.1 Å². The minimum atomic E-state index is -0.373. The van der Waals surface area contributed by atoms with E-state index in [2.05, 4.69) is 27.3 Å². The van der Waals surface area contributed by atoms with E-state index in [4.69, 9.17) is 32.7 Å². The molecule has 1 amide bonds. The summed E-state index contributed by atoms with van der Waals surface area (Å²) in [5, 5.41) is 13.0. The van der Waals surface area contributed by atoms with E-state index >= 15 is 0 Å². The molecule has 0 fully saturated rings. The first-order valence-electron chi connectivity index (χ1n) is 9.92. The van der Waals surface area contributed by atoms with Crippen molar-refractivity contribution in [1.82, 2.24) is 0 Å². The number of halogens is 3. The van der Waals surface area contributed by atoms with Crippen molar-refractivity contribution in [2.24, 2.45) is 0 Å². The molecule has 0 aliphatic heterocycles.